The lowest BCUT2D eigenvalue weighted by molar-refractivity contribution is 0.534. The van der Waals surface area contributed by atoms with Gasteiger partial charge in [0.25, 0.3) is 0 Å². The standard InChI is InChI=1S/C15H16BrNO/c16-15-13(7-8-18-15)14(17)12-6-5-10-3-1-2-4-11(10)9-12/h5-9,14H,1-4,17H2. The van der Waals surface area contributed by atoms with Gasteiger partial charge in [0.15, 0.2) is 4.67 Å². The van der Waals surface area contributed by atoms with Gasteiger partial charge in [0.1, 0.15) is 0 Å². The largest absolute Gasteiger partial charge is 0.457 e. The zero-order valence-corrected chi connectivity index (χ0v) is 11.7. The van der Waals surface area contributed by atoms with Gasteiger partial charge in [-0.25, -0.2) is 0 Å². The molecule has 18 heavy (non-hydrogen) atoms. The third kappa shape index (κ3) is 2.13. The van der Waals surface area contributed by atoms with Gasteiger partial charge in [0.2, 0.25) is 0 Å². The van der Waals surface area contributed by atoms with Crippen molar-refractivity contribution in [3.63, 3.8) is 0 Å². The second-order valence-corrected chi connectivity index (χ2v) is 5.58. The average Bonchev–Trinajstić information content (AvgIpc) is 2.83. The van der Waals surface area contributed by atoms with E-state index >= 15 is 0 Å². The van der Waals surface area contributed by atoms with Crippen LogP contribution in [0, 0.1) is 0 Å². The summed E-state index contributed by atoms with van der Waals surface area (Å²) in [6.45, 7) is 0. The lowest BCUT2D eigenvalue weighted by Crippen LogP contribution is -2.13. The molecule has 1 atom stereocenters. The normalized spacial score (nSPS) is 16.3. The van der Waals surface area contributed by atoms with Crippen LogP contribution in [0.5, 0.6) is 0 Å². The van der Waals surface area contributed by atoms with Crippen LogP contribution in [0.15, 0.2) is 39.6 Å². The van der Waals surface area contributed by atoms with Gasteiger partial charge >= 0.3 is 0 Å². The number of furan rings is 1. The van der Waals surface area contributed by atoms with Crippen LogP contribution in [0.1, 0.15) is 41.1 Å². The molecule has 2 N–H and O–H groups in total. The second-order valence-electron chi connectivity index (χ2n) is 4.86. The Hall–Kier alpha value is -1.06. The molecule has 1 aromatic carbocycles. The van der Waals surface area contributed by atoms with E-state index in [1.165, 1.54) is 36.8 Å². The SMILES string of the molecule is NC(c1ccc2c(c1)CCCC2)c1ccoc1Br. The number of halogens is 1. The van der Waals surface area contributed by atoms with Crippen molar-refractivity contribution in [2.45, 2.75) is 31.7 Å². The zero-order chi connectivity index (χ0) is 12.5. The Labute approximate surface area is 115 Å². The predicted octanol–water partition coefficient (Wildman–Crippen LogP) is 3.97. The summed E-state index contributed by atoms with van der Waals surface area (Å²) in [5, 5.41) is 0. The van der Waals surface area contributed by atoms with Gasteiger partial charge in [0.05, 0.1) is 12.3 Å². The molecule has 0 saturated heterocycles. The molecule has 3 heteroatoms. The Morgan fingerprint density at radius 2 is 1.89 bits per heavy atom. The van der Waals surface area contributed by atoms with E-state index in [0.29, 0.717) is 0 Å². The van der Waals surface area contributed by atoms with Gasteiger partial charge in [-0.15, -0.1) is 0 Å². The van der Waals surface area contributed by atoms with Gasteiger partial charge in [-0.3, -0.25) is 0 Å². The highest BCUT2D eigenvalue weighted by molar-refractivity contribution is 9.10. The number of rotatable bonds is 2. The minimum absolute atomic E-state index is 0.120. The molecule has 0 fully saturated rings. The number of benzene rings is 1. The van der Waals surface area contributed by atoms with E-state index < -0.39 is 0 Å². The third-order valence-corrected chi connectivity index (χ3v) is 4.36. The van der Waals surface area contributed by atoms with Crippen molar-refractivity contribution < 1.29 is 4.42 Å². The van der Waals surface area contributed by atoms with Crippen LogP contribution in [0.4, 0.5) is 0 Å². The van der Waals surface area contributed by atoms with Crippen molar-refractivity contribution in [1.29, 1.82) is 0 Å². The Kier molecular flexibility index (Phi) is 3.27. The Morgan fingerprint density at radius 3 is 2.61 bits per heavy atom. The van der Waals surface area contributed by atoms with Crippen molar-refractivity contribution in [1.82, 2.24) is 0 Å². The molecule has 0 amide bonds. The number of fused-ring (bicyclic) bond motifs is 1. The number of hydrogen-bond donors (Lipinski definition) is 1. The Morgan fingerprint density at radius 1 is 1.11 bits per heavy atom. The lowest BCUT2D eigenvalue weighted by atomic mass is 9.88. The summed E-state index contributed by atoms with van der Waals surface area (Å²) in [6.07, 6.45) is 6.66. The Bertz CT molecular complexity index is 561. The summed E-state index contributed by atoms with van der Waals surface area (Å²) in [5.74, 6) is 0. The van der Waals surface area contributed by atoms with Crippen LogP contribution in [0.2, 0.25) is 0 Å². The van der Waals surface area contributed by atoms with E-state index in [-0.39, 0.29) is 6.04 Å². The summed E-state index contributed by atoms with van der Waals surface area (Å²) < 4.78 is 5.99. The van der Waals surface area contributed by atoms with Crippen LogP contribution < -0.4 is 5.73 Å². The molecule has 0 aliphatic heterocycles. The molecule has 1 aromatic heterocycles. The minimum Gasteiger partial charge on any atom is -0.457 e. The average molecular weight is 306 g/mol. The van der Waals surface area contributed by atoms with Gasteiger partial charge in [-0.1, -0.05) is 18.2 Å². The number of nitrogens with two attached hydrogens (primary N) is 1. The first-order valence-corrected chi connectivity index (χ1v) is 7.15. The van der Waals surface area contributed by atoms with E-state index in [1.54, 1.807) is 6.26 Å². The fourth-order valence-corrected chi connectivity index (χ4v) is 3.14. The van der Waals surface area contributed by atoms with E-state index in [2.05, 4.69) is 34.1 Å². The molecule has 2 nitrogen and oxygen atoms in total. The molecular formula is C15H16BrNO. The molecule has 1 unspecified atom stereocenters. The molecular weight excluding hydrogens is 290 g/mol. The van der Waals surface area contributed by atoms with E-state index in [1.807, 2.05) is 6.07 Å². The van der Waals surface area contributed by atoms with Crippen LogP contribution in [0.25, 0.3) is 0 Å². The first-order valence-electron chi connectivity index (χ1n) is 6.36. The molecule has 0 bridgehead atoms. The van der Waals surface area contributed by atoms with Crippen molar-refractivity contribution >= 4 is 15.9 Å². The Balaban J connectivity index is 1.95. The van der Waals surface area contributed by atoms with Gasteiger partial charge in [-0.05, 0) is 64.4 Å². The summed E-state index contributed by atoms with van der Waals surface area (Å²) in [5.41, 5.74) is 11.4. The fourth-order valence-electron chi connectivity index (χ4n) is 2.65. The lowest BCUT2D eigenvalue weighted by Gasteiger charge is -2.19. The maximum atomic E-state index is 6.30. The molecule has 3 rings (SSSR count). The van der Waals surface area contributed by atoms with Crippen molar-refractivity contribution in [2.24, 2.45) is 5.73 Å². The fraction of sp³-hybridized carbons (Fsp3) is 0.333. The minimum atomic E-state index is -0.120. The summed E-state index contributed by atoms with van der Waals surface area (Å²) in [6, 6.07) is 8.45. The second kappa shape index (κ2) is 4.90. The summed E-state index contributed by atoms with van der Waals surface area (Å²) >= 11 is 3.39. The number of aryl methyl sites for hydroxylation is 2. The highest BCUT2D eigenvalue weighted by Crippen LogP contribution is 2.30. The monoisotopic (exact) mass is 305 g/mol. The molecule has 0 spiro atoms. The molecule has 94 valence electrons. The maximum absolute atomic E-state index is 6.30. The molecule has 1 heterocycles. The molecule has 0 saturated carbocycles. The number of hydrogen-bond acceptors (Lipinski definition) is 2. The third-order valence-electron chi connectivity index (χ3n) is 3.71. The first-order chi connectivity index (χ1) is 8.75. The molecule has 2 aromatic rings. The summed E-state index contributed by atoms with van der Waals surface area (Å²) in [7, 11) is 0. The van der Waals surface area contributed by atoms with E-state index in [9.17, 15) is 0 Å². The molecule has 1 aliphatic carbocycles. The van der Waals surface area contributed by atoms with Crippen LogP contribution in [0.3, 0.4) is 0 Å². The van der Waals surface area contributed by atoms with E-state index in [4.69, 9.17) is 10.2 Å². The van der Waals surface area contributed by atoms with Gasteiger partial charge in [0, 0.05) is 5.56 Å². The smallest absolute Gasteiger partial charge is 0.174 e. The van der Waals surface area contributed by atoms with Gasteiger partial charge < -0.3 is 10.2 Å². The maximum Gasteiger partial charge on any atom is 0.174 e. The van der Waals surface area contributed by atoms with Crippen LogP contribution in [-0.2, 0) is 12.8 Å². The topological polar surface area (TPSA) is 39.2 Å². The molecule has 1 aliphatic rings. The van der Waals surface area contributed by atoms with E-state index in [0.717, 1.165) is 15.8 Å². The van der Waals surface area contributed by atoms with Crippen molar-refractivity contribution in [3.05, 3.63) is 57.5 Å². The van der Waals surface area contributed by atoms with Crippen LogP contribution in [-0.4, -0.2) is 0 Å². The highest BCUT2D eigenvalue weighted by atomic mass is 79.9. The van der Waals surface area contributed by atoms with Crippen molar-refractivity contribution in [2.75, 3.05) is 0 Å². The van der Waals surface area contributed by atoms with Crippen LogP contribution >= 0.6 is 15.9 Å². The highest BCUT2D eigenvalue weighted by Gasteiger charge is 2.17. The van der Waals surface area contributed by atoms with Gasteiger partial charge in [-0.2, -0.15) is 0 Å². The van der Waals surface area contributed by atoms with Crippen molar-refractivity contribution in [3.8, 4) is 0 Å². The zero-order valence-electron chi connectivity index (χ0n) is 10.2. The predicted molar refractivity (Wildman–Crippen MR) is 75.5 cm³/mol. The summed E-state index contributed by atoms with van der Waals surface area (Å²) in [4.78, 5) is 0. The first kappa shape index (κ1) is 12.0. The quantitative estimate of drug-likeness (QED) is 0.912. The molecule has 0 radical (unpaired) electrons.